The molecule has 0 bridgehead atoms. The lowest BCUT2D eigenvalue weighted by Crippen LogP contribution is -2.46. The molecule has 0 saturated heterocycles. The normalized spacial score (nSPS) is 28.8. The Morgan fingerprint density at radius 3 is 2.35 bits per heavy atom. The maximum absolute atomic E-state index is 12.7. The predicted molar refractivity (Wildman–Crippen MR) is 109 cm³/mol. The third kappa shape index (κ3) is 5.76. The van der Waals surface area contributed by atoms with Crippen LogP contribution in [0.4, 0.5) is 13.2 Å². The third-order valence-electron chi connectivity index (χ3n) is 5.44. The van der Waals surface area contributed by atoms with Gasteiger partial charge in [0, 0.05) is 19.6 Å². The van der Waals surface area contributed by atoms with Crippen molar-refractivity contribution in [2.24, 2.45) is 16.8 Å². The van der Waals surface area contributed by atoms with E-state index in [0.717, 1.165) is 6.54 Å². The molecular formula is C19H27F3IN3. The van der Waals surface area contributed by atoms with Crippen molar-refractivity contribution in [3.63, 3.8) is 0 Å². The number of hydrogen-bond acceptors (Lipinski definition) is 1. The molecule has 0 radical (unpaired) electrons. The van der Waals surface area contributed by atoms with Gasteiger partial charge in [0.25, 0.3) is 0 Å². The molecule has 3 rings (SSSR count). The first-order valence-corrected chi connectivity index (χ1v) is 9.06. The summed E-state index contributed by atoms with van der Waals surface area (Å²) in [5, 5.41) is 6.62. The van der Waals surface area contributed by atoms with E-state index in [1.807, 2.05) is 6.07 Å². The average Bonchev–Trinajstić information content (AvgIpc) is 3.39. The molecular weight excluding hydrogens is 454 g/mol. The fourth-order valence-electron chi connectivity index (χ4n) is 3.76. The maximum Gasteiger partial charge on any atom is 0.391 e. The van der Waals surface area contributed by atoms with Crippen molar-refractivity contribution in [1.82, 2.24) is 10.6 Å². The zero-order chi connectivity index (χ0) is 17.9. The van der Waals surface area contributed by atoms with Gasteiger partial charge < -0.3 is 10.6 Å². The van der Waals surface area contributed by atoms with Gasteiger partial charge in [0.1, 0.15) is 0 Å². The Morgan fingerprint density at radius 1 is 1.12 bits per heavy atom. The van der Waals surface area contributed by atoms with E-state index < -0.39 is 12.1 Å². The van der Waals surface area contributed by atoms with Crippen LogP contribution in [0, 0.1) is 11.8 Å². The summed E-state index contributed by atoms with van der Waals surface area (Å²) in [5.74, 6) is 0.767. The standard InChI is InChI=1S/C19H26F3N3.HI/c1-23-18(25-16-9-7-15(8-10-16)19(20,21)22)24-12-14-11-17(14)13-5-3-2-4-6-13;/h2-6,14-17H,7-12H2,1H3,(H2,23,24,25);1H. The molecule has 0 aromatic heterocycles. The molecule has 1 aromatic carbocycles. The number of rotatable bonds is 4. The second-order valence-corrected chi connectivity index (χ2v) is 7.20. The van der Waals surface area contributed by atoms with Crippen molar-refractivity contribution in [1.29, 1.82) is 0 Å². The molecule has 2 N–H and O–H groups in total. The second kappa shape index (κ2) is 9.28. The van der Waals surface area contributed by atoms with Gasteiger partial charge in [-0.15, -0.1) is 24.0 Å². The Morgan fingerprint density at radius 2 is 1.77 bits per heavy atom. The first kappa shape index (κ1) is 21.3. The van der Waals surface area contributed by atoms with Crippen LogP contribution in [0.2, 0.25) is 0 Å². The summed E-state index contributed by atoms with van der Waals surface area (Å²) < 4.78 is 38.2. The highest BCUT2D eigenvalue weighted by Crippen LogP contribution is 2.46. The highest BCUT2D eigenvalue weighted by Gasteiger charge is 2.41. The van der Waals surface area contributed by atoms with Crippen molar-refractivity contribution < 1.29 is 13.2 Å². The molecule has 1 aromatic rings. The van der Waals surface area contributed by atoms with Gasteiger partial charge >= 0.3 is 6.18 Å². The highest BCUT2D eigenvalue weighted by molar-refractivity contribution is 14.0. The van der Waals surface area contributed by atoms with Crippen LogP contribution >= 0.6 is 24.0 Å². The highest BCUT2D eigenvalue weighted by atomic mass is 127. The zero-order valence-corrected chi connectivity index (χ0v) is 17.3. The Labute approximate surface area is 170 Å². The first-order valence-electron chi connectivity index (χ1n) is 9.06. The number of halogens is 4. The molecule has 2 aliphatic carbocycles. The van der Waals surface area contributed by atoms with Gasteiger partial charge in [0.15, 0.2) is 5.96 Å². The minimum absolute atomic E-state index is 0. The molecule has 7 heteroatoms. The summed E-state index contributed by atoms with van der Waals surface area (Å²) in [5.41, 5.74) is 1.38. The van der Waals surface area contributed by atoms with E-state index in [1.54, 1.807) is 7.05 Å². The molecule has 2 fully saturated rings. The summed E-state index contributed by atoms with van der Waals surface area (Å²) >= 11 is 0. The topological polar surface area (TPSA) is 36.4 Å². The van der Waals surface area contributed by atoms with Crippen LogP contribution in [-0.4, -0.2) is 31.8 Å². The number of aliphatic imine (C=N–C) groups is 1. The fourth-order valence-corrected chi connectivity index (χ4v) is 3.76. The monoisotopic (exact) mass is 481 g/mol. The van der Waals surface area contributed by atoms with Gasteiger partial charge in [0.05, 0.1) is 5.92 Å². The summed E-state index contributed by atoms with van der Waals surface area (Å²) in [6.45, 7) is 0.844. The largest absolute Gasteiger partial charge is 0.391 e. The molecule has 2 atom stereocenters. The predicted octanol–water partition coefficient (Wildman–Crippen LogP) is 4.69. The van der Waals surface area contributed by atoms with Gasteiger partial charge in [-0.25, -0.2) is 0 Å². The molecule has 146 valence electrons. The van der Waals surface area contributed by atoms with Crippen molar-refractivity contribution in [3.05, 3.63) is 35.9 Å². The lowest BCUT2D eigenvalue weighted by molar-refractivity contribution is -0.182. The van der Waals surface area contributed by atoms with E-state index >= 15 is 0 Å². The molecule has 0 aliphatic heterocycles. The van der Waals surface area contributed by atoms with E-state index in [9.17, 15) is 13.2 Å². The zero-order valence-electron chi connectivity index (χ0n) is 14.9. The summed E-state index contributed by atoms with van der Waals surface area (Å²) in [6.07, 6.45) is -1.39. The number of alkyl halides is 3. The number of nitrogens with zero attached hydrogens (tertiary/aromatic N) is 1. The number of hydrogen-bond donors (Lipinski definition) is 2. The van der Waals surface area contributed by atoms with Crippen molar-refractivity contribution in [3.8, 4) is 0 Å². The third-order valence-corrected chi connectivity index (χ3v) is 5.44. The molecule has 0 spiro atoms. The van der Waals surface area contributed by atoms with Crippen LogP contribution in [-0.2, 0) is 0 Å². The van der Waals surface area contributed by atoms with Gasteiger partial charge in [0.2, 0.25) is 0 Å². The quantitative estimate of drug-likeness (QED) is 0.372. The van der Waals surface area contributed by atoms with Crippen LogP contribution in [0.5, 0.6) is 0 Å². The van der Waals surface area contributed by atoms with E-state index in [4.69, 9.17) is 0 Å². The lowest BCUT2D eigenvalue weighted by atomic mass is 9.85. The summed E-state index contributed by atoms with van der Waals surface area (Å²) in [4.78, 5) is 4.22. The van der Waals surface area contributed by atoms with Gasteiger partial charge in [-0.3, -0.25) is 4.99 Å². The fraction of sp³-hybridized carbons (Fsp3) is 0.632. The van der Waals surface area contributed by atoms with E-state index in [-0.39, 0.29) is 42.9 Å². The second-order valence-electron chi connectivity index (χ2n) is 7.20. The van der Waals surface area contributed by atoms with Crippen LogP contribution in [0.25, 0.3) is 0 Å². The molecule has 2 unspecified atom stereocenters. The average molecular weight is 481 g/mol. The van der Waals surface area contributed by atoms with Gasteiger partial charge in [-0.1, -0.05) is 30.3 Å². The molecule has 3 nitrogen and oxygen atoms in total. The number of benzene rings is 1. The van der Waals surface area contributed by atoms with Crippen LogP contribution in [0.1, 0.15) is 43.6 Å². The number of guanidine groups is 1. The van der Waals surface area contributed by atoms with Crippen LogP contribution in [0.3, 0.4) is 0 Å². The Balaban J connectivity index is 0.00000243. The molecule has 0 amide bonds. The van der Waals surface area contributed by atoms with Crippen molar-refractivity contribution in [2.75, 3.05) is 13.6 Å². The molecule has 2 saturated carbocycles. The Kier molecular flexibility index (Phi) is 7.61. The van der Waals surface area contributed by atoms with Crippen LogP contribution in [0.15, 0.2) is 35.3 Å². The molecule has 0 heterocycles. The van der Waals surface area contributed by atoms with E-state index in [2.05, 4.69) is 39.9 Å². The summed E-state index contributed by atoms with van der Waals surface area (Å²) in [7, 11) is 1.71. The Hall–Kier alpha value is -0.990. The van der Waals surface area contributed by atoms with E-state index in [0.29, 0.717) is 30.6 Å². The molecule has 2 aliphatic rings. The van der Waals surface area contributed by atoms with Gasteiger partial charge in [-0.05, 0) is 49.5 Å². The smallest absolute Gasteiger partial charge is 0.356 e. The SMILES string of the molecule is CN=C(NCC1CC1c1ccccc1)NC1CCC(C(F)(F)F)CC1.I. The maximum atomic E-state index is 12.7. The molecule has 26 heavy (non-hydrogen) atoms. The lowest BCUT2D eigenvalue weighted by Gasteiger charge is -2.31. The first-order chi connectivity index (χ1) is 12.0. The van der Waals surface area contributed by atoms with E-state index in [1.165, 1.54) is 12.0 Å². The minimum Gasteiger partial charge on any atom is -0.356 e. The van der Waals surface area contributed by atoms with Crippen LogP contribution < -0.4 is 10.6 Å². The Bertz CT molecular complexity index is 583. The summed E-state index contributed by atoms with van der Waals surface area (Å²) in [6, 6.07) is 10.6. The minimum atomic E-state index is -4.05. The number of nitrogens with one attached hydrogen (secondary N) is 2. The van der Waals surface area contributed by atoms with Crippen molar-refractivity contribution >= 4 is 29.9 Å². The van der Waals surface area contributed by atoms with Crippen molar-refractivity contribution in [2.45, 2.75) is 50.2 Å². The van der Waals surface area contributed by atoms with Gasteiger partial charge in [-0.2, -0.15) is 13.2 Å².